The number of rotatable bonds is 7. The number of ether oxygens (including phenoxy) is 3. The van der Waals surface area contributed by atoms with Crippen molar-refractivity contribution in [3.63, 3.8) is 0 Å². The lowest BCUT2D eigenvalue weighted by Gasteiger charge is -2.10. The maximum absolute atomic E-state index is 13.2. The van der Waals surface area contributed by atoms with Gasteiger partial charge in [0.2, 0.25) is 6.79 Å². The SMILES string of the molecule is CC(=O)c1cc2c(cc1NC(=O)COC(=O)C=Cc1c(C)nn(-c3ccc(F)cc3)c1Cl)OCO2. The van der Waals surface area contributed by atoms with Crippen LogP contribution in [0, 0.1) is 12.7 Å². The minimum absolute atomic E-state index is 0.0142. The average molecular weight is 500 g/mol. The first kappa shape index (κ1) is 24.0. The van der Waals surface area contributed by atoms with Gasteiger partial charge in [0, 0.05) is 23.3 Å². The van der Waals surface area contributed by atoms with Crippen molar-refractivity contribution in [2.45, 2.75) is 13.8 Å². The fraction of sp³-hybridized carbons (Fsp3) is 0.167. The van der Waals surface area contributed by atoms with Gasteiger partial charge in [-0.2, -0.15) is 5.10 Å². The first-order chi connectivity index (χ1) is 16.7. The smallest absolute Gasteiger partial charge is 0.331 e. The number of esters is 1. The van der Waals surface area contributed by atoms with Crippen LogP contribution in [0.2, 0.25) is 5.15 Å². The Balaban J connectivity index is 1.39. The summed E-state index contributed by atoms with van der Waals surface area (Å²) in [5, 5.41) is 7.06. The minimum atomic E-state index is -0.789. The quantitative estimate of drug-likeness (QED) is 0.296. The second-order valence-corrected chi connectivity index (χ2v) is 7.83. The Morgan fingerprint density at radius 1 is 1.20 bits per heavy atom. The molecule has 3 aromatic rings. The Labute approximate surface area is 204 Å². The van der Waals surface area contributed by atoms with Gasteiger partial charge in [0.15, 0.2) is 23.9 Å². The lowest BCUT2D eigenvalue weighted by Crippen LogP contribution is -2.21. The third kappa shape index (κ3) is 5.33. The summed E-state index contributed by atoms with van der Waals surface area (Å²) in [5.74, 6) is -1.32. The molecule has 11 heteroatoms. The number of ketones is 1. The lowest BCUT2D eigenvalue weighted by atomic mass is 10.1. The van der Waals surface area contributed by atoms with Gasteiger partial charge in [-0.05, 0) is 50.3 Å². The minimum Gasteiger partial charge on any atom is -0.454 e. The molecule has 0 bridgehead atoms. The topological polar surface area (TPSA) is 109 Å². The number of benzene rings is 2. The van der Waals surface area contributed by atoms with E-state index in [4.69, 9.17) is 25.8 Å². The van der Waals surface area contributed by atoms with Crippen LogP contribution >= 0.6 is 11.6 Å². The molecule has 1 aliphatic rings. The molecule has 35 heavy (non-hydrogen) atoms. The van der Waals surface area contributed by atoms with Crippen LogP contribution in [0.5, 0.6) is 11.5 Å². The van der Waals surface area contributed by atoms with E-state index >= 15 is 0 Å². The number of nitrogens with one attached hydrogen (secondary N) is 1. The van der Waals surface area contributed by atoms with E-state index in [-0.39, 0.29) is 29.0 Å². The number of Topliss-reactive ketones (excluding diaryl/α,β-unsaturated/α-hetero) is 1. The second kappa shape index (κ2) is 9.98. The number of carbonyl (C=O) groups excluding carboxylic acids is 3. The van der Waals surface area contributed by atoms with E-state index < -0.39 is 24.3 Å². The number of anilines is 1. The molecule has 0 radical (unpaired) electrons. The molecule has 0 spiro atoms. The maximum Gasteiger partial charge on any atom is 0.331 e. The van der Waals surface area contributed by atoms with Crippen molar-refractivity contribution in [2.24, 2.45) is 0 Å². The van der Waals surface area contributed by atoms with E-state index in [0.29, 0.717) is 28.4 Å². The van der Waals surface area contributed by atoms with Crippen molar-refractivity contribution in [3.8, 4) is 17.2 Å². The zero-order valence-corrected chi connectivity index (χ0v) is 19.4. The molecular formula is C24H19ClFN3O6. The summed E-state index contributed by atoms with van der Waals surface area (Å²) >= 11 is 6.38. The van der Waals surface area contributed by atoms with E-state index in [2.05, 4.69) is 10.4 Å². The van der Waals surface area contributed by atoms with E-state index in [0.717, 1.165) is 6.08 Å². The van der Waals surface area contributed by atoms with Crippen molar-refractivity contribution < 1.29 is 33.0 Å². The van der Waals surface area contributed by atoms with Crippen molar-refractivity contribution in [2.75, 3.05) is 18.7 Å². The number of halogens is 2. The number of amides is 1. The van der Waals surface area contributed by atoms with Gasteiger partial charge in [-0.15, -0.1) is 0 Å². The van der Waals surface area contributed by atoms with Crippen molar-refractivity contribution in [1.29, 1.82) is 0 Å². The second-order valence-electron chi connectivity index (χ2n) is 7.47. The summed E-state index contributed by atoms with van der Waals surface area (Å²) in [6.07, 6.45) is 2.52. The number of aryl methyl sites for hydroxylation is 1. The van der Waals surface area contributed by atoms with E-state index in [1.54, 1.807) is 6.92 Å². The molecule has 1 N–H and O–H groups in total. The average Bonchev–Trinajstić information content (AvgIpc) is 3.39. The Kier molecular flexibility index (Phi) is 6.83. The largest absolute Gasteiger partial charge is 0.454 e. The molecule has 0 aliphatic carbocycles. The van der Waals surface area contributed by atoms with Gasteiger partial charge < -0.3 is 19.5 Å². The van der Waals surface area contributed by atoms with E-state index in [1.807, 2.05) is 0 Å². The third-order valence-corrected chi connectivity index (χ3v) is 5.38. The van der Waals surface area contributed by atoms with Gasteiger partial charge in [0.25, 0.3) is 5.91 Å². The maximum atomic E-state index is 13.2. The Morgan fingerprint density at radius 2 is 1.89 bits per heavy atom. The van der Waals surface area contributed by atoms with E-state index in [9.17, 15) is 18.8 Å². The molecule has 0 atom stereocenters. The van der Waals surface area contributed by atoms with Gasteiger partial charge in [-0.3, -0.25) is 9.59 Å². The highest BCUT2D eigenvalue weighted by atomic mass is 35.5. The van der Waals surface area contributed by atoms with Crippen molar-refractivity contribution in [1.82, 2.24) is 9.78 Å². The molecule has 0 fully saturated rings. The fourth-order valence-electron chi connectivity index (χ4n) is 3.31. The molecule has 180 valence electrons. The number of carbonyl (C=O) groups is 3. The molecule has 4 rings (SSSR count). The van der Waals surface area contributed by atoms with Crippen LogP contribution in [0.1, 0.15) is 28.5 Å². The monoisotopic (exact) mass is 499 g/mol. The summed E-state index contributed by atoms with van der Waals surface area (Å²) in [4.78, 5) is 36.4. The summed E-state index contributed by atoms with van der Waals surface area (Å²) in [7, 11) is 0. The molecule has 1 amide bonds. The highest BCUT2D eigenvalue weighted by Gasteiger charge is 2.21. The summed E-state index contributed by atoms with van der Waals surface area (Å²) in [5.41, 5.74) is 1.99. The number of aromatic nitrogens is 2. The summed E-state index contributed by atoms with van der Waals surface area (Å²) < 4.78 is 30.1. The predicted octanol–water partition coefficient (Wildman–Crippen LogP) is 4.10. The Hall–Kier alpha value is -4.18. The molecule has 0 unspecified atom stereocenters. The molecule has 0 saturated heterocycles. The number of fused-ring (bicyclic) bond motifs is 1. The Bertz CT molecular complexity index is 1350. The van der Waals surface area contributed by atoms with Crippen LogP contribution < -0.4 is 14.8 Å². The number of hydrogen-bond donors (Lipinski definition) is 1. The summed E-state index contributed by atoms with van der Waals surface area (Å²) in [6.45, 7) is 2.47. The molecule has 1 aliphatic heterocycles. The van der Waals surface area contributed by atoms with Gasteiger partial charge in [-0.1, -0.05) is 11.6 Å². The van der Waals surface area contributed by atoms with E-state index in [1.165, 1.54) is 54.1 Å². The first-order valence-corrected chi connectivity index (χ1v) is 10.7. The highest BCUT2D eigenvalue weighted by Crippen LogP contribution is 2.37. The molecule has 2 aromatic carbocycles. The zero-order valence-electron chi connectivity index (χ0n) is 18.6. The number of hydrogen-bond acceptors (Lipinski definition) is 7. The van der Waals surface area contributed by atoms with Crippen LogP contribution in [-0.2, 0) is 14.3 Å². The van der Waals surface area contributed by atoms with Gasteiger partial charge in [0.1, 0.15) is 11.0 Å². The lowest BCUT2D eigenvalue weighted by molar-refractivity contribution is -0.142. The number of nitrogens with zero attached hydrogens (tertiary/aromatic N) is 2. The van der Waals surface area contributed by atoms with Gasteiger partial charge >= 0.3 is 5.97 Å². The molecule has 9 nitrogen and oxygen atoms in total. The van der Waals surface area contributed by atoms with Crippen LogP contribution in [0.4, 0.5) is 10.1 Å². The van der Waals surface area contributed by atoms with Crippen molar-refractivity contribution >= 4 is 41.0 Å². The van der Waals surface area contributed by atoms with Gasteiger partial charge in [0.05, 0.1) is 17.1 Å². The standard InChI is InChI=1S/C24H19ClFN3O6/c1-13-17(24(25)29(28-13)16-5-3-15(26)4-6-16)7-8-23(32)33-11-22(31)27-19-10-21-20(34-12-35-21)9-18(19)14(2)30/h3-10H,11-12H2,1-2H3,(H,27,31). The van der Waals surface area contributed by atoms with Crippen LogP contribution in [0.15, 0.2) is 42.5 Å². The molecule has 0 saturated carbocycles. The van der Waals surface area contributed by atoms with Gasteiger partial charge in [-0.25, -0.2) is 13.9 Å². The molecule has 2 heterocycles. The highest BCUT2D eigenvalue weighted by molar-refractivity contribution is 6.31. The predicted molar refractivity (Wildman–Crippen MR) is 124 cm³/mol. The van der Waals surface area contributed by atoms with Crippen LogP contribution in [0.25, 0.3) is 11.8 Å². The summed E-state index contributed by atoms with van der Waals surface area (Å²) in [6, 6.07) is 8.56. The Morgan fingerprint density at radius 3 is 2.57 bits per heavy atom. The third-order valence-electron chi connectivity index (χ3n) is 5.02. The van der Waals surface area contributed by atoms with Crippen LogP contribution in [0.3, 0.4) is 0 Å². The first-order valence-electron chi connectivity index (χ1n) is 10.3. The fourth-order valence-corrected chi connectivity index (χ4v) is 3.65. The normalized spacial score (nSPS) is 12.1. The van der Waals surface area contributed by atoms with Crippen LogP contribution in [-0.4, -0.2) is 40.8 Å². The zero-order chi connectivity index (χ0) is 25.1. The molecular weight excluding hydrogens is 481 g/mol. The van der Waals surface area contributed by atoms with Crippen molar-refractivity contribution in [3.05, 3.63) is 70.3 Å². The molecule has 1 aromatic heterocycles.